The first-order valence-electron chi connectivity index (χ1n) is 7.90. The molecule has 0 heterocycles. The molecule has 0 aliphatic carbocycles. The lowest BCUT2D eigenvalue weighted by molar-refractivity contribution is 0.395. The second kappa shape index (κ2) is 9.72. The van der Waals surface area contributed by atoms with Crippen molar-refractivity contribution in [1.29, 1.82) is 0 Å². The summed E-state index contributed by atoms with van der Waals surface area (Å²) in [6.07, 6.45) is 6.07. The van der Waals surface area contributed by atoms with Crippen LogP contribution in [-0.4, -0.2) is 13.7 Å². The molecule has 0 fully saturated rings. The largest absolute Gasteiger partial charge is 0.497 e. The molecule has 1 aromatic carbocycles. The number of hydrogen-bond acceptors (Lipinski definition) is 2. The third kappa shape index (κ3) is 5.62. The molecule has 0 aliphatic rings. The summed E-state index contributed by atoms with van der Waals surface area (Å²) in [4.78, 5) is 0. The Morgan fingerprint density at radius 3 is 2.24 bits per heavy atom. The summed E-state index contributed by atoms with van der Waals surface area (Å²) >= 11 is 0. The summed E-state index contributed by atoms with van der Waals surface area (Å²) < 4.78 is 33.3. The second-order valence-corrected chi connectivity index (χ2v) is 5.36. The average molecular weight is 299 g/mol. The van der Waals surface area contributed by atoms with E-state index < -0.39 is 11.6 Å². The van der Waals surface area contributed by atoms with Gasteiger partial charge in [0.25, 0.3) is 0 Å². The Morgan fingerprint density at radius 2 is 1.71 bits per heavy atom. The van der Waals surface area contributed by atoms with E-state index in [1.165, 1.54) is 19.2 Å². The van der Waals surface area contributed by atoms with Gasteiger partial charge in [0.15, 0.2) is 0 Å². The van der Waals surface area contributed by atoms with E-state index in [0.717, 1.165) is 45.1 Å². The zero-order valence-electron chi connectivity index (χ0n) is 13.3. The van der Waals surface area contributed by atoms with E-state index >= 15 is 0 Å². The number of nitrogens with one attached hydrogen (secondary N) is 1. The molecule has 1 N–H and O–H groups in total. The van der Waals surface area contributed by atoms with Crippen LogP contribution in [0.5, 0.6) is 5.75 Å². The van der Waals surface area contributed by atoms with E-state index in [4.69, 9.17) is 4.74 Å². The van der Waals surface area contributed by atoms with Crippen LogP contribution in [-0.2, 0) is 0 Å². The Labute approximate surface area is 126 Å². The highest BCUT2D eigenvalue weighted by Gasteiger charge is 2.20. The summed E-state index contributed by atoms with van der Waals surface area (Å²) in [6.45, 7) is 4.95. The molecule has 4 heteroatoms. The van der Waals surface area contributed by atoms with E-state index in [-0.39, 0.29) is 17.4 Å². The van der Waals surface area contributed by atoms with Gasteiger partial charge in [-0.3, -0.25) is 0 Å². The van der Waals surface area contributed by atoms with Crippen LogP contribution in [0.3, 0.4) is 0 Å². The summed E-state index contributed by atoms with van der Waals surface area (Å²) in [5, 5.41) is 3.26. The van der Waals surface area contributed by atoms with Gasteiger partial charge in [-0.05, 0) is 19.4 Å². The van der Waals surface area contributed by atoms with Gasteiger partial charge in [-0.15, -0.1) is 0 Å². The van der Waals surface area contributed by atoms with Crippen LogP contribution in [0.4, 0.5) is 8.78 Å². The van der Waals surface area contributed by atoms with E-state index in [1.807, 2.05) is 6.92 Å². The van der Waals surface area contributed by atoms with E-state index in [2.05, 4.69) is 12.2 Å². The van der Waals surface area contributed by atoms with Crippen molar-refractivity contribution in [2.75, 3.05) is 13.7 Å². The van der Waals surface area contributed by atoms with Crippen molar-refractivity contribution in [2.45, 2.75) is 58.4 Å². The molecule has 0 aromatic heterocycles. The van der Waals surface area contributed by atoms with Crippen LogP contribution in [0.25, 0.3) is 0 Å². The molecule has 2 nitrogen and oxygen atoms in total. The van der Waals surface area contributed by atoms with Crippen LogP contribution in [0.1, 0.15) is 64.0 Å². The van der Waals surface area contributed by atoms with Gasteiger partial charge in [-0.1, -0.05) is 39.5 Å². The van der Waals surface area contributed by atoms with E-state index in [0.29, 0.717) is 0 Å². The minimum atomic E-state index is -0.532. The van der Waals surface area contributed by atoms with Gasteiger partial charge in [-0.2, -0.15) is 0 Å². The van der Waals surface area contributed by atoms with E-state index in [9.17, 15) is 8.78 Å². The van der Waals surface area contributed by atoms with Gasteiger partial charge in [0.1, 0.15) is 17.4 Å². The summed E-state index contributed by atoms with van der Waals surface area (Å²) in [7, 11) is 1.41. The Hall–Kier alpha value is -1.16. The molecular weight excluding hydrogens is 272 g/mol. The quantitative estimate of drug-likeness (QED) is 0.615. The van der Waals surface area contributed by atoms with Crippen LogP contribution < -0.4 is 10.1 Å². The fraction of sp³-hybridized carbons (Fsp3) is 0.647. The Bertz CT molecular complexity index is 400. The van der Waals surface area contributed by atoms with Crippen LogP contribution in [0.15, 0.2) is 12.1 Å². The first-order valence-corrected chi connectivity index (χ1v) is 7.90. The van der Waals surface area contributed by atoms with Crippen molar-refractivity contribution in [3.05, 3.63) is 29.3 Å². The molecule has 0 radical (unpaired) electrons. The zero-order valence-corrected chi connectivity index (χ0v) is 13.3. The van der Waals surface area contributed by atoms with Gasteiger partial charge in [0.05, 0.1) is 7.11 Å². The van der Waals surface area contributed by atoms with Crippen molar-refractivity contribution in [2.24, 2.45) is 0 Å². The second-order valence-electron chi connectivity index (χ2n) is 5.36. The number of halogens is 2. The number of hydrogen-bond donors (Lipinski definition) is 1. The summed E-state index contributed by atoms with van der Waals surface area (Å²) in [5.41, 5.74) is 0.140. The predicted molar refractivity (Wildman–Crippen MR) is 82.7 cm³/mol. The Balaban J connectivity index is 2.86. The summed E-state index contributed by atoms with van der Waals surface area (Å²) in [5.74, 6) is -0.846. The van der Waals surface area contributed by atoms with Gasteiger partial charge < -0.3 is 10.1 Å². The molecule has 21 heavy (non-hydrogen) atoms. The molecule has 0 amide bonds. The number of ether oxygens (including phenoxy) is 1. The molecule has 0 bridgehead atoms. The number of rotatable bonds is 10. The highest BCUT2D eigenvalue weighted by atomic mass is 19.1. The van der Waals surface area contributed by atoms with Gasteiger partial charge in [0.2, 0.25) is 0 Å². The standard InChI is InChI=1S/C17H27F2NO/c1-4-6-7-8-9-16(20-10-5-2)17-14(18)11-13(21-3)12-15(17)19/h11-12,16,20H,4-10H2,1-3H3. The molecule has 0 saturated carbocycles. The minimum absolute atomic E-state index is 0.140. The van der Waals surface area contributed by atoms with Crippen LogP contribution in [0.2, 0.25) is 0 Å². The first kappa shape index (κ1) is 17.9. The third-order valence-electron chi connectivity index (χ3n) is 3.62. The van der Waals surface area contributed by atoms with Crippen molar-refractivity contribution in [3.63, 3.8) is 0 Å². The Morgan fingerprint density at radius 1 is 1.05 bits per heavy atom. The highest BCUT2D eigenvalue weighted by Crippen LogP contribution is 2.29. The van der Waals surface area contributed by atoms with Crippen LogP contribution in [0, 0.1) is 11.6 Å². The normalized spacial score (nSPS) is 12.4. The number of methoxy groups -OCH3 is 1. The van der Waals surface area contributed by atoms with Crippen molar-refractivity contribution >= 4 is 0 Å². The topological polar surface area (TPSA) is 21.3 Å². The van der Waals surface area contributed by atoms with Crippen LogP contribution >= 0.6 is 0 Å². The monoisotopic (exact) mass is 299 g/mol. The van der Waals surface area contributed by atoms with Gasteiger partial charge in [-0.25, -0.2) is 8.78 Å². The fourth-order valence-electron chi connectivity index (χ4n) is 2.45. The lowest BCUT2D eigenvalue weighted by atomic mass is 9.98. The average Bonchev–Trinajstić information content (AvgIpc) is 2.47. The molecule has 1 rings (SSSR count). The molecule has 0 spiro atoms. The van der Waals surface area contributed by atoms with Crippen molar-refractivity contribution in [1.82, 2.24) is 5.32 Å². The predicted octanol–water partition coefficient (Wildman–Crippen LogP) is 4.98. The smallest absolute Gasteiger partial charge is 0.134 e. The maximum atomic E-state index is 14.2. The van der Waals surface area contributed by atoms with E-state index in [1.54, 1.807) is 0 Å². The highest BCUT2D eigenvalue weighted by molar-refractivity contribution is 5.32. The molecule has 0 aliphatic heterocycles. The van der Waals surface area contributed by atoms with Gasteiger partial charge >= 0.3 is 0 Å². The van der Waals surface area contributed by atoms with Gasteiger partial charge in [0, 0.05) is 23.7 Å². The minimum Gasteiger partial charge on any atom is -0.497 e. The molecule has 1 aromatic rings. The number of unbranched alkanes of at least 4 members (excludes halogenated alkanes) is 3. The summed E-state index contributed by atoms with van der Waals surface area (Å²) in [6, 6.07) is 2.24. The zero-order chi connectivity index (χ0) is 15.7. The SMILES string of the molecule is CCCCCCC(NCCC)c1c(F)cc(OC)cc1F. The number of benzene rings is 1. The maximum Gasteiger partial charge on any atom is 0.134 e. The molecule has 120 valence electrons. The maximum absolute atomic E-state index is 14.2. The molecule has 1 unspecified atom stereocenters. The van der Waals surface area contributed by atoms with Crippen molar-refractivity contribution in [3.8, 4) is 5.75 Å². The Kier molecular flexibility index (Phi) is 8.28. The fourth-order valence-corrected chi connectivity index (χ4v) is 2.45. The first-order chi connectivity index (χ1) is 10.1. The molecule has 1 atom stereocenters. The third-order valence-corrected chi connectivity index (χ3v) is 3.62. The molecule has 0 saturated heterocycles. The molecular formula is C17H27F2NO. The lowest BCUT2D eigenvalue weighted by Gasteiger charge is -2.20. The lowest BCUT2D eigenvalue weighted by Crippen LogP contribution is -2.24. The van der Waals surface area contributed by atoms with Crippen molar-refractivity contribution < 1.29 is 13.5 Å².